The topological polar surface area (TPSA) is 67.4 Å². The standard InChI is InChI=1S/C18H26N2O3/c1-14(21)16-6-2-7-17(11-16)23-10-4-8-18(22)20-13-15-5-3-9-19-12-15/h2,6-7,11,15,19H,3-5,8-10,12-13H2,1H3,(H,20,22). The number of nitrogens with one attached hydrogen (secondary N) is 2. The Morgan fingerprint density at radius 3 is 3.00 bits per heavy atom. The predicted molar refractivity (Wildman–Crippen MR) is 89.8 cm³/mol. The van der Waals surface area contributed by atoms with E-state index in [1.54, 1.807) is 18.2 Å². The second-order valence-electron chi connectivity index (χ2n) is 6.05. The number of ketones is 1. The number of piperidine rings is 1. The summed E-state index contributed by atoms with van der Waals surface area (Å²) in [6.07, 6.45) is 3.50. The third kappa shape index (κ3) is 6.40. The van der Waals surface area contributed by atoms with Crippen molar-refractivity contribution in [1.82, 2.24) is 10.6 Å². The Bertz CT molecular complexity index is 525. The van der Waals surface area contributed by atoms with Crippen LogP contribution in [0.5, 0.6) is 5.75 Å². The zero-order valence-electron chi connectivity index (χ0n) is 13.8. The third-order valence-corrected chi connectivity index (χ3v) is 4.04. The molecule has 5 nitrogen and oxygen atoms in total. The fourth-order valence-corrected chi connectivity index (χ4v) is 2.67. The lowest BCUT2D eigenvalue weighted by atomic mass is 10.00. The number of amides is 1. The van der Waals surface area contributed by atoms with Gasteiger partial charge in [0.2, 0.25) is 5.91 Å². The summed E-state index contributed by atoms with van der Waals surface area (Å²) >= 11 is 0. The van der Waals surface area contributed by atoms with Crippen LogP contribution in [0.15, 0.2) is 24.3 Å². The number of Topliss-reactive ketones (excluding diaryl/α,β-unsaturated/α-hetero) is 1. The SMILES string of the molecule is CC(=O)c1cccc(OCCCC(=O)NCC2CCCNC2)c1. The van der Waals surface area contributed by atoms with Crippen LogP contribution >= 0.6 is 0 Å². The van der Waals surface area contributed by atoms with Gasteiger partial charge in [-0.25, -0.2) is 0 Å². The molecular weight excluding hydrogens is 292 g/mol. The van der Waals surface area contributed by atoms with Gasteiger partial charge in [0.1, 0.15) is 5.75 Å². The minimum Gasteiger partial charge on any atom is -0.494 e. The number of carbonyl (C=O) groups excluding carboxylic acids is 2. The molecule has 2 rings (SSSR count). The van der Waals surface area contributed by atoms with Crippen LogP contribution in [0.2, 0.25) is 0 Å². The zero-order chi connectivity index (χ0) is 16.5. The third-order valence-electron chi connectivity index (χ3n) is 4.04. The van der Waals surface area contributed by atoms with Crippen LogP contribution in [0, 0.1) is 5.92 Å². The van der Waals surface area contributed by atoms with Crippen molar-refractivity contribution in [2.24, 2.45) is 5.92 Å². The molecule has 1 unspecified atom stereocenters. The minimum absolute atomic E-state index is 0.0204. The number of hydrogen-bond acceptors (Lipinski definition) is 4. The smallest absolute Gasteiger partial charge is 0.220 e. The molecule has 1 aliphatic rings. The average molecular weight is 318 g/mol. The normalized spacial score (nSPS) is 17.5. The van der Waals surface area contributed by atoms with Gasteiger partial charge in [0.25, 0.3) is 0 Å². The maximum absolute atomic E-state index is 11.8. The lowest BCUT2D eigenvalue weighted by molar-refractivity contribution is -0.121. The van der Waals surface area contributed by atoms with Gasteiger partial charge in [0.05, 0.1) is 6.61 Å². The molecule has 0 radical (unpaired) electrons. The Hall–Kier alpha value is -1.88. The van der Waals surface area contributed by atoms with Gasteiger partial charge in [-0.1, -0.05) is 12.1 Å². The van der Waals surface area contributed by atoms with Crippen LogP contribution < -0.4 is 15.4 Å². The molecule has 1 saturated heterocycles. The number of rotatable bonds is 8. The highest BCUT2D eigenvalue weighted by Gasteiger charge is 2.13. The largest absolute Gasteiger partial charge is 0.494 e. The number of hydrogen-bond donors (Lipinski definition) is 2. The Balaban J connectivity index is 1.60. The molecular formula is C18H26N2O3. The summed E-state index contributed by atoms with van der Waals surface area (Å²) in [5, 5.41) is 6.34. The maximum atomic E-state index is 11.8. The molecule has 0 aliphatic carbocycles. The van der Waals surface area contributed by atoms with Gasteiger partial charge in [0, 0.05) is 18.5 Å². The van der Waals surface area contributed by atoms with Crippen molar-refractivity contribution in [3.8, 4) is 5.75 Å². The summed E-state index contributed by atoms with van der Waals surface area (Å²) in [5.41, 5.74) is 0.640. The van der Waals surface area contributed by atoms with E-state index >= 15 is 0 Å². The monoisotopic (exact) mass is 318 g/mol. The fourth-order valence-electron chi connectivity index (χ4n) is 2.67. The van der Waals surface area contributed by atoms with E-state index in [0.29, 0.717) is 36.7 Å². The molecule has 1 atom stereocenters. The van der Waals surface area contributed by atoms with Crippen molar-refractivity contribution in [1.29, 1.82) is 0 Å². The minimum atomic E-state index is 0.0204. The molecule has 1 heterocycles. The molecule has 2 N–H and O–H groups in total. The van der Waals surface area contributed by atoms with Crippen molar-refractivity contribution >= 4 is 11.7 Å². The molecule has 5 heteroatoms. The quantitative estimate of drug-likeness (QED) is 0.569. The van der Waals surface area contributed by atoms with Gasteiger partial charge in [-0.2, -0.15) is 0 Å². The molecule has 23 heavy (non-hydrogen) atoms. The first kappa shape index (κ1) is 17.5. The van der Waals surface area contributed by atoms with Gasteiger partial charge in [0.15, 0.2) is 5.78 Å². The molecule has 1 aliphatic heterocycles. The van der Waals surface area contributed by atoms with E-state index in [9.17, 15) is 9.59 Å². The van der Waals surface area contributed by atoms with Crippen molar-refractivity contribution in [3.05, 3.63) is 29.8 Å². The second kappa shape index (κ2) is 9.30. The van der Waals surface area contributed by atoms with E-state index in [1.165, 1.54) is 19.8 Å². The van der Waals surface area contributed by atoms with E-state index in [1.807, 2.05) is 6.07 Å². The highest BCUT2D eigenvalue weighted by molar-refractivity contribution is 5.94. The molecule has 126 valence electrons. The number of ether oxygens (including phenoxy) is 1. The lowest BCUT2D eigenvalue weighted by Crippen LogP contribution is -2.38. The molecule has 0 aromatic heterocycles. The first-order chi connectivity index (χ1) is 11.1. The first-order valence-corrected chi connectivity index (χ1v) is 8.36. The summed E-state index contributed by atoms with van der Waals surface area (Å²) < 4.78 is 5.60. The van der Waals surface area contributed by atoms with Crippen molar-refractivity contribution in [3.63, 3.8) is 0 Å². The second-order valence-corrected chi connectivity index (χ2v) is 6.05. The van der Waals surface area contributed by atoms with Crippen LogP contribution in [-0.2, 0) is 4.79 Å². The molecule has 0 bridgehead atoms. The van der Waals surface area contributed by atoms with E-state index in [4.69, 9.17) is 4.74 Å². The maximum Gasteiger partial charge on any atom is 0.220 e. The van der Waals surface area contributed by atoms with Crippen molar-refractivity contribution in [2.45, 2.75) is 32.6 Å². The Kier molecular flexibility index (Phi) is 7.07. The summed E-state index contributed by atoms with van der Waals surface area (Å²) in [6.45, 7) is 4.85. The zero-order valence-corrected chi connectivity index (χ0v) is 13.8. The van der Waals surface area contributed by atoms with Crippen LogP contribution in [-0.4, -0.2) is 37.9 Å². The highest BCUT2D eigenvalue weighted by Crippen LogP contribution is 2.14. The fraction of sp³-hybridized carbons (Fsp3) is 0.556. The van der Waals surface area contributed by atoms with Gasteiger partial charge in [-0.3, -0.25) is 9.59 Å². The molecule has 1 aromatic rings. The van der Waals surface area contributed by atoms with Crippen LogP contribution in [0.3, 0.4) is 0 Å². The van der Waals surface area contributed by atoms with E-state index in [2.05, 4.69) is 10.6 Å². The van der Waals surface area contributed by atoms with Crippen LogP contribution in [0.25, 0.3) is 0 Å². The van der Waals surface area contributed by atoms with Gasteiger partial charge < -0.3 is 15.4 Å². The summed E-state index contributed by atoms with van der Waals surface area (Å²) in [7, 11) is 0. The Morgan fingerprint density at radius 1 is 1.39 bits per heavy atom. The van der Waals surface area contributed by atoms with Crippen molar-refractivity contribution < 1.29 is 14.3 Å². The predicted octanol–water partition coefficient (Wildman–Crippen LogP) is 2.16. The Labute approximate surface area is 137 Å². The molecule has 1 aromatic carbocycles. The van der Waals surface area contributed by atoms with Gasteiger partial charge >= 0.3 is 0 Å². The summed E-state index contributed by atoms with van der Waals surface area (Å²) in [4.78, 5) is 23.1. The van der Waals surface area contributed by atoms with Gasteiger partial charge in [-0.05, 0) is 57.3 Å². The lowest BCUT2D eigenvalue weighted by Gasteiger charge is -2.22. The number of carbonyl (C=O) groups is 2. The van der Waals surface area contributed by atoms with E-state index < -0.39 is 0 Å². The molecule has 1 fully saturated rings. The summed E-state index contributed by atoms with van der Waals surface area (Å²) in [5.74, 6) is 1.33. The average Bonchev–Trinajstić information content (AvgIpc) is 2.58. The first-order valence-electron chi connectivity index (χ1n) is 8.36. The number of benzene rings is 1. The van der Waals surface area contributed by atoms with E-state index in [0.717, 1.165) is 19.6 Å². The molecule has 0 saturated carbocycles. The molecule has 0 spiro atoms. The Morgan fingerprint density at radius 2 is 2.26 bits per heavy atom. The highest BCUT2D eigenvalue weighted by atomic mass is 16.5. The van der Waals surface area contributed by atoms with E-state index in [-0.39, 0.29) is 11.7 Å². The molecule has 1 amide bonds. The van der Waals surface area contributed by atoms with Crippen LogP contribution in [0.1, 0.15) is 43.0 Å². The van der Waals surface area contributed by atoms with Crippen LogP contribution in [0.4, 0.5) is 0 Å². The van der Waals surface area contributed by atoms with Gasteiger partial charge in [-0.15, -0.1) is 0 Å². The van der Waals surface area contributed by atoms with Crippen molar-refractivity contribution in [2.75, 3.05) is 26.2 Å². The summed E-state index contributed by atoms with van der Waals surface area (Å²) in [6, 6.07) is 7.13.